The van der Waals surface area contributed by atoms with Crippen LogP contribution in [0.25, 0.3) is 0 Å². The molecule has 79 valence electrons. The van der Waals surface area contributed by atoms with Crippen LogP contribution in [-0.4, -0.2) is 15.0 Å². The second kappa shape index (κ2) is 4.82. The molecule has 4 nitrogen and oxygen atoms in total. The molecule has 0 aromatic heterocycles. The molecule has 0 saturated carbocycles. The summed E-state index contributed by atoms with van der Waals surface area (Å²) in [5, 5.41) is 6.82. The van der Waals surface area contributed by atoms with Crippen LogP contribution in [-0.2, 0) is 10.0 Å². The third-order valence-corrected chi connectivity index (χ3v) is 2.51. The number of hydrogen-bond donors (Lipinski definition) is 0. The van der Waals surface area contributed by atoms with Gasteiger partial charge in [-0.2, -0.15) is 0 Å². The molecule has 5 heteroatoms. The van der Waals surface area contributed by atoms with Crippen molar-refractivity contribution >= 4 is 10.0 Å². The Balaban J connectivity index is 2.76. The number of nitrogens with one attached hydrogen (secondary N) is 1. The average Bonchev–Trinajstić information content (AvgIpc) is 2.18. The van der Waals surface area contributed by atoms with E-state index in [9.17, 15) is 8.42 Å². The minimum absolute atomic E-state index is 0.0450. The summed E-state index contributed by atoms with van der Waals surface area (Å²) >= 11 is 0. The molecule has 1 rings (SSSR count). The first-order chi connectivity index (χ1) is 7.04. The molecular weight excluding hydrogens is 214 g/mol. The maximum atomic E-state index is 10.8. The molecule has 0 aliphatic carbocycles. The minimum atomic E-state index is -3.88. The lowest BCUT2D eigenvalue weighted by Crippen LogP contribution is -2.00. The molecule has 0 amide bonds. The Hall–Kier alpha value is -1.51. The van der Waals surface area contributed by atoms with E-state index in [4.69, 9.17) is 9.88 Å². The van der Waals surface area contributed by atoms with Gasteiger partial charge in [0.25, 0.3) is 10.0 Å². The van der Waals surface area contributed by atoms with Crippen molar-refractivity contribution in [2.75, 3.05) is 6.61 Å². The van der Waals surface area contributed by atoms with Gasteiger partial charge in [0.1, 0.15) is 12.4 Å². The molecule has 15 heavy (non-hydrogen) atoms. The van der Waals surface area contributed by atoms with Crippen molar-refractivity contribution in [2.24, 2.45) is 0 Å². The fourth-order valence-corrected chi connectivity index (χ4v) is 1.40. The second-order valence-corrected chi connectivity index (χ2v) is 4.17. The summed E-state index contributed by atoms with van der Waals surface area (Å²) in [6.45, 7) is 1.97. The third kappa shape index (κ3) is 3.62. The predicted octanol–water partition coefficient (Wildman–Crippen LogP) is 1.06. The van der Waals surface area contributed by atoms with Crippen molar-refractivity contribution in [1.29, 1.82) is 0 Å². The molecule has 0 fully saturated rings. The van der Waals surface area contributed by atoms with Crippen LogP contribution in [0.4, 0.5) is 0 Å². The smallest absolute Gasteiger partial charge is 0.254 e. The molecule has 0 saturated heterocycles. The number of ether oxygens (including phenoxy) is 1. The normalized spacial score (nSPS) is 10.3. The van der Waals surface area contributed by atoms with Gasteiger partial charge in [0, 0.05) is 0 Å². The van der Waals surface area contributed by atoms with Gasteiger partial charge < -0.3 is 4.74 Å². The van der Waals surface area contributed by atoms with Crippen molar-refractivity contribution in [1.82, 2.24) is 5.14 Å². The highest BCUT2D eigenvalue weighted by Gasteiger charge is 2.07. The van der Waals surface area contributed by atoms with Crippen molar-refractivity contribution in [2.45, 2.75) is 11.8 Å². The van der Waals surface area contributed by atoms with E-state index in [1.165, 1.54) is 24.3 Å². The summed E-state index contributed by atoms with van der Waals surface area (Å²) in [5.41, 5.74) is 0. The zero-order chi connectivity index (χ0) is 11.3. The summed E-state index contributed by atoms with van der Waals surface area (Å²) in [6, 6.07) is 5.66. The van der Waals surface area contributed by atoms with Gasteiger partial charge in [-0.05, 0) is 31.2 Å². The van der Waals surface area contributed by atoms with E-state index < -0.39 is 10.0 Å². The lowest BCUT2D eigenvalue weighted by atomic mass is 10.3. The molecule has 0 atom stereocenters. The van der Waals surface area contributed by atoms with Crippen molar-refractivity contribution in [3.8, 4) is 17.6 Å². The summed E-state index contributed by atoms with van der Waals surface area (Å²) in [6.07, 6.45) is 0. The van der Waals surface area contributed by atoms with Gasteiger partial charge in [-0.15, -0.1) is 11.1 Å². The summed E-state index contributed by atoms with van der Waals surface area (Å²) in [4.78, 5) is -0.0450. The van der Waals surface area contributed by atoms with E-state index in [-0.39, 0.29) is 11.5 Å². The Morgan fingerprint density at radius 3 is 2.40 bits per heavy atom. The quantitative estimate of drug-likeness (QED) is 0.721. The number of benzene rings is 1. The summed E-state index contributed by atoms with van der Waals surface area (Å²) in [5.74, 6) is 5.92. The fourth-order valence-electron chi connectivity index (χ4n) is 0.907. The lowest BCUT2D eigenvalue weighted by molar-refractivity contribution is 0.370. The van der Waals surface area contributed by atoms with Crippen LogP contribution >= 0.6 is 0 Å². The van der Waals surface area contributed by atoms with E-state index in [0.29, 0.717) is 5.75 Å². The first-order valence-electron chi connectivity index (χ1n) is 4.16. The van der Waals surface area contributed by atoms with Crippen LogP contribution in [0.5, 0.6) is 5.75 Å². The van der Waals surface area contributed by atoms with Crippen molar-refractivity contribution in [3.05, 3.63) is 24.3 Å². The van der Waals surface area contributed by atoms with Gasteiger partial charge in [0.2, 0.25) is 0 Å². The molecule has 0 aliphatic rings. The fraction of sp³-hybridized carbons (Fsp3) is 0.200. The van der Waals surface area contributed by atoms with Crippen LogP contribution < -0.4 is 9.88 Å². The average molecular weight is 224 g/mol. The molecule has 0 spiro atoms. The third-order valence-electron chi connectivity index (χ3n) is 1.62. The highest BCUT2D eigenvalue weighted by molar-refractivity contribution is 7.88. The number of rotatable bonds is 3. The SMILES string of the molecule is CC#CCOc1ccc(S([NH])(=O)=O)cc1. The molecule has 0 bridgehead atoms. The molecular formula is C10H10NO3S. The van der Waals surface area contributed by atoms with Gasteiger partial charge in [-0.3, -0.25) is 0 Å². The van der Waals surface area contributed by atoms with Crippen LogP contribution in [0.3, 0.4) is 0 Å². The molecule has 1 radical (unpaired) electrons. The topological polar surface area (TPSA) is 67.2 Å². The first kappa shape index (κ1) is 11.6. The van der Waals surface area contributed by atoms with Gasteiger partial charge in [-0.25, -0.2) is 8.42 Å². The van der Waals surface area contributed by atoms with Crippen LogP contribution in [0.2, 0.25) is 0 Å². The Morgan fingerprint density at radius 2 is 1.93 bits per heavy atom. The Bertz CT molecular complexity index is 480. The monoisotopic (exact) mass is 224 g/mol. The van der Waals surface area contributed by atoms with Crippen molar-refractivity contribution < 1.29 is 13.2 Å². The molecule has 1 aromatic rings. The van der Waals surface area contributed by atoms with E-state index in [2.05, 4.69) is 11.8 Å². The lowest BCUT2D eigenvalue weighted by Gasteiger charge is -2.02. The van der Waals surface area contributed by atoms with Crippen LogP contribution in [0.1, 0.15) is 6.92 Å². The zero-order valence-electron chi connectivity index (χ0n) is 8.15. The van der Waals surface area contributed by atoms with Gasteiger partial charge in [0.05, 0.1) is 4.90 Å². The minimum Gasteiger partial charge on any atom is -0.481 e. The van der Waals surface area contributed by atoms with E-state index in [1.54, 1.807) is 6.92 Å². The zero-order valence-corrected chi connectivity index (χ0v) is 8.97. The van der Waals surface area contributed by atoms with E-state index >= 15 is 0 Å². The van der Waals surface area contributed by atoms with Gasteiger partial charge >= 0.3 is 0 Å². The molecule has 0 heterocycles. The Morgan fingerprint density at radius 1 is 1.33 bits per heavy atom. The number of hydrogen-bond acceptors (Lipinski definition) is 3. The van der Waals surface area contributed by atoms with Crippen molar-refractivity contribution in [3.63, 3.8) is 0 Å². The second-order valence-electron chi connectivity index (χ2n) is 2.69. The Labute approximate surface area is 89.1 Å². The molecule has 1 aromatic carbocycles. The largest absolute Gasteiger partial charge is 0.481 e. The van der Waals surface area contributed by atoms with Crippen LogP contribution in [0, 0.1) is 11.8 Å². The summed E-state index contributed by atoms with van der Waals surface area (Å²) in [7, 11) is -3.88. The predicted molar refractivity (Wildman–Crippen MR) is 55.7 cm³/mol. The Kier molecular flexibility index (Phi) is 3.72. The van der Waals surface area contributed by atoms with Gasteiger partial charge in [-0.1, -0.05) is 5.92 Å². The highest BCUT2D eigenvalue weighted by atomic mass is 32.2. The standard InChI is InChI=1S/C10H10NO3S/c1-2-3-8-14-9-4-6-10(7-5-9)15(11,12)13/h4-7,11H,8H2,1H3. The summed E-state index contributed by atoms with van der Waals surface area (Å²) < 4.78 is 26.8. The van der Waals surface area contributed by atoms with Crippen LogP contribution in [0.15, 0.2) is 29.2 Å². The highest BCUT2D eigenvalue weighted by Crippen LogP contribution is 2.14. The van der Waals surface area contributed by atoms with E-state index in [1.807, 2.05) is 0 Å². The van der Waals surface area contributed by atoms with E-state index in [0.717, 1.165) is 0 Å². The maximum Gasteiger partial charge on any atom is 0.254 e. The molecule has 0 unspecified atom stereocenters. The maximum absolute atomic E-state index is 10.8. The molecule has 0 aliphatic heterocycles. The molecule has 1 N–H and O–H groups in total. The van der Waals surface area contributed by atoms with Gasteiger partial charge in [0.15, 0.2) is 0 Å². The first-order valence-corrected chi connectivity index (χ1v) is 5.64. The number of sulfonamides is 1.